The van der Waals surface area contributed by atoms with Crippen molar-refractivity contribution in [1.82, 2.24) is 15.1 Å². The summed E-state index contributed by atoms with van der Waals surface area (Å²) in [5, 5.41) is 24.0. The van der Waals surface area contributed by atoms with Gasteiger partial charge in [-0.25, -0.2) is 0 Å². The minimum absolute atomic E-state index is 0.194. The average Bonchev–Trinajstić information content (AvgIpc) is 2.84. The molecule has 0 aliphatic carbocycles. The molecule has 1 aromatic carbocycles. The molecule has 8 nitrogen and oxygen atoms in total. The summed E-state index contributed by atoms with van der Waals surface area (Å²) in [5.41, 5.74) is 3.57. The van der Waals surface area contributed by atoms with Crippen LogP contribution in [0.2, 0.25) is 10.0 Å². The number of ether oxygens (including phenoxy) is 1. The van der Waals surface area contributed by atoms with E-state index in [9.17, 15) is 19.8 Å². The van der Waals surface area contributed by atoms with Crippen LogP contribution in [-0.4, -0.2) is 76.4 Å². The average molecular weight is 538 g/mol. The van der Waals surface area contributed by atoms with Crippen LogP contribution in [0.1, 0.15) is 56.0 Å². The molecule has 0 aromatic heterocycles. The predicted molar refractivity (Wildman–Crippen MR) is 138 cm³/mol. The first-order valence-corrected chi connectivity index (χ1v) is 13.1. The Hall–Kier alpha value is -2.26. The molecule has 0 spiro atoms. The van der Waals surface area contributed by atoms with Crippen molar-refractivity contribution in [2.45, 2.75) is 64.9 Å². The Morgan fingerprint density at radius 3 is 2.58 bits per heavy atom. The molecule has 4 rings (SSSR count). The van der Waals surface area contributed by atoms with E-state index in [1.165, 1.54) is 0 Å². The van der Waals surface area contributed by atoms with Crippen LogP contribution in [0.4, 0.5) is 0 Å². The molecule has 3 aliphatic heterocycles. The van der Waals surface area contributed by atoms with Crippen molar-refractivity contribution in [3.63, 3.8) is 0 Å². The summed E-state index contributed by atoms with van der Waals surface area (Å²) in [6.45, 7) is 7.26. The van der Waals surface area contributed by atoms with E-state index >= 15 is 0 Å². The van der Waals surface area contributed by atoms with Crippen molar-refractivity contribution < 1.29 is 24.5 Å². The lowest BCUT2D eigenvalue weighted by atomic mass is 9.96. The largest absolute Gasteiger partial charge is 0.489 e. The maximum atomic E-state index is 13.5. The van der Waals surface area contributed by atoms with Crippen LogP contribution in [-0.2, 0) is 11.2 Å². The number of fused-ring (bicyclic) bond motifs is 1. The van der Waals surface area contributed by atoms with E-state index in [1.807, 2.05) is 19.9 Å². The van der Waals surface area contributed by atoms with Gasteiger partial charge in [0.15, 0.2) is 0 Å². The van der Waals surface area contributed by atoms with Crippen LogP contribution in [0.25, 0.3) is 0 Å². The fourth-order valence-electron chi connectivity index (χ4n) is 5.00. The van der Waals surface area contributed by atoms with Gasteiger partial charge >= 0.3 is 0 Å². The van der Waals surface area contributed by atoms with Crippen LogP contribution in [0.3, 0.4) is 0 Å². The predicted octanol–water partition coefficient (Wildman–Crippen LogP) is 3.27. The number of aliphatic hydroxyl groups is 2. The number of carbonyl (C=O) groups excluding carboxylic acids is 2. The number of rotatable bonds is 6. The Morgan fingerprint density at radius 2 is 1.94 bits per heavy atom. The molecule has 36 heavy (non-hydrogen) atoms. The second-order valence-corrected chi connectivity index (χ2v) is 10.4. The van der Waals surface area contributed by atoms with Gasteiger partial charge in [0.2, 0.25) is 0 Å². The highest BCUT2D eigenvalue weighted by Crippen LogP contribution is 2.40. The Bertz CT molecular complexity index is 1110. The van der Waals surface area contributed by atoms with Gasteiger partial charge in [0, 0.05) is 61.4 Å². The molecule has 3 aliphatic rings. The lowest BCUT2D eigenvalue weighted by molar-refractivity contribution is -0.142. The van der Waals surface area contributed by atoms with Gasteiger partial charge in [-0.3, -0.25) is 9.59 Å². The molecule has 10 heteroatoms. The number of amides is 2. The first kappa shape index (κ1) is 26.8. The van der Waals surface area contributed by atoms with E-state index < -0.39 is 12.3 Å². The van der Waals surface area contributed by atoms with Crippen molar-refractivity contribution >= 4 is 35.0 Å². The van der Waals surface area contributed by atoms with E-state index in [0.29, 0.717) is 67.2 Å². The summed E-state index contributed by atoms with van der Waals surface area (Å²) in [6.07, 6.45) is 2.01. The summed E-state index contributed by atoms with van der Waals surface area (Å²) in [5.74, 6) is -0.158. The lowest BCUT2D eigenvalue weighted by Crippen LogP contribution is -2.46. The molecule has 3 N–H and O–H groups in total. The van der Waals surface area contributed by atoms with Crippen molar-refractivity contribution in [1.29, 1.82) is 0 Å². The van der Waals surface area contributed by atoms with Gasteiger partial charge in [0.25, 0.3) is 11.8 Å². The summed E-state index contributed by atoms with van der Waals surface area (Å²) in [7, 11) is 0. The normalized spacial score (nSPS) is 21.7. The number of likely N-dealkylation sites (tertiary alicyclic amines) is 1. The van der Waals surface area contributed by atoms with Crippen molar-refractivity contribution in [3.05, 3.63) is 50.2 Å². The molecule has 3 heterocycles. The first-order chi connectivity index (χ1) is 17.1. The minimum Gasteiger partial charge on any atom is -0.489 e. The summed E-state index contributed by atoms with van der Waals surface area (Å²) < 4.78 is 6.17. The van der Waals surface area contributed by atoms with E-state index in [0.717, 1.165) is 16.8 Å². The Balaban J connectivity index is 1.50. The summed E-state index contributed by atoms with van der Waals surface area (Å²) >= 11 is 13.3. The van der Waals surface area contributed by atoms with Crippen molar-refractivity contribution in [2.24, 2.45) is 0 Å². The van der Waals surface area contributed by atoms with Crippen LogP contribution < -0.4 is 10.1 Å². The molecule has 0 saturated carbocycles. The number of benzene rings is 1. The number of piperidine rings is 1. The Kier molecular flexibility index (Phi) is 8.19. The number of nitrogens with one attached hydrogen (secondary N) is 1. The summed E-state index contributed by atoms with van der Waals surface area (Å²) in [4.78, 5) is 29.1. The number of allylic oxidation sites excluding steroid dienone is 3. The van der Waals surface area contributed by atoms with Crippen LogP contribution in [0.15, 0.2) is 29.0 Å². The molecular formula is C26H33Cl2N3O5. The third-order valence-corrected chi connectivity index (χ3v) is 7.84. The third-order valence-electron chi connectivity index (χ3n) is 7.13. The number of nitrogens with zero attached hydrogens (tertiary/aromatic N) is 2. The van der Waals surface area contributed by atoms with E-state index in [2.05, 4.69) is 5.32 Å². The van der Waals surface area contributed by atoms with Gasteiger partial charge in [-0.2, -0.15) is 0 Å². The zero-order valence-corrected chi connectivity index (χ0v) is 22.3. The number of hydrogen-bond donors (Lipinski definition) is 3. The first-order valence-electron chi connectivity index (χ1n) is 12.4. The smallest absolute Gasteiger partial charge is 0.256 e. The number of hydrogen-bond acceptors (Lipinski definition) is 6. The second kappa shape index (κ2) is 11.0. The van der Waals surface area contributed by atoms with Crippen molar-refractivity contribution in [2.75, 3.05) is 26.2 Å². The Labute approximate surface area is 221 Å². The zero-order valence-electron chi connectivity index (χ0n) is 20.8. The van der Waals surface area contributed by atoms with E-state index in [-0.39, 0.29) is 29.5 Å². The molecule has 196 valence electrons. The summed E-state index contributed by atoms with van der Waals surface area (Å²) in [6, 6.07) is 1.67. The number of carbonyl (C=O) groups is 2. The van der Waals surface area contributed by atoms with Gasteiger partial charge in [-0.05, 0) is 43.9 Å². The molecule has 1 aromatic rings. The van der Waals surface area contributed by atoms with Crippen LogP contribution in [0.5, 0.6) is 5.75 Å². The molecule has 1 fully saturated rings. The molecular weight excluding hydrogens is 505 g/mol. The maximum absolute atomic E-state index is 13.5. The monoisotopic (exact) mass is 537 g/mol. The maximum Gasteiger partial charge on any atom is 0.256 e. The Morgan fingerprint density at radius 1 is 1.25 bits per heavy atom. The minimum atomic E-state index is -0.976. The molecule has 0 radical (unpaired) electrons. The van der Waals surface area contributed by atoms with Crippen molar-refractivity contribution in [3.8, 4) is 5.75 Å². The number of aliphatic hydroxyl groups excluding tert-OH is 2. The fraction of sp³-hybridized carbons (Fsp3) is 0.538. The highest BCUT2D eigenvalue weighted by Gasteiger charge is 2.34. The molecule has 2 atom stereocenters. The van der Waals surface area contributed by atoms with E-state index in [1.54, 1.807) is 22.8 Å². The highest BCUT2D eigenvalue weighted by atomic mass is 35.5. The molecule has 0 bridgehead atoms. The van der Waals surface area contributed by atoms with Gasteiger partial charge in [-0.1, -0.05) is 30.1 Å². The molecule has 1 saturated heterocycles. The van der Waals surface area contributed by atoms with Gasteiger partial charge in [-0.15, -0.1) is 0 Å². The van der Waals surface area contributed by atoms with Crippen LogP contribution >= 0.6 is 23.2 Å². The highest BCUT2D eigenvalue weighted by molar-refractivity contribution is 6.38. The van der Waals surface area contributed by atoms with E-state index in [4.69, 9.17) is 27.9 Å². The topological polar surface area (TPSA) is 102 Å². The quantitative estimate of drug-likeness (QED) is 0.514. The second-order valence-electron chi connectivity index (χ2n) is 9.65. The lowest BCUT2D eigenvalue weighted by Gasteiger charge is -2.35. The van der Waals surface area contributed by atoms with Gasteiger partial charge < -0.3 is 30.1 Å². The standard InChI is InChI=1S/C26H33Cl2N3O5/c1-4-20(32)25(34)30-8-5-16(6-9-30)36-21-12-19(27)17-7-10-31(26(35)22(17)23(21)28)13-18-14(2)11-15(3)29-24(18)33/h11-12,16,20,24,29,32-33H,4-10,13H2,1-3H3/t20-,24?/m1/s1. The van der Waals surface area contributed by atoms with Gasteiger partial charge in [0.05, 0.1) is 10.6 Å². The molecule has 2 amide bonds. The number of dihydropyridines is 1. The molecule has 1 unspecified atom stereocenters. The zero-order chi connectivity index (χ0) is 26.1. The number of halogens is 2. The van der Waals surface area contributed by atoms with Crippen LogP contribution in [0, 0.1) is 0 Å². The third kappa shape index (κ3) is 5.37. The van der Waals surface area contributed by atoms with Gasteiger partial charge in [0.1, 0.15) is 24.2 Å². The SMILES string of the molecule is CC[C@@H](O)C(=O)N1CCC(Oc2cc(Cl)c3c(c2Cl)C(=O)N(CC2=C(C)C=C(C)NC2O)CC3)CC1. The fourth-order valence-corrected chi connectivity index (χ4v) is 5.59.